The van der Waals surface area contributed by atoms with E-state index in [2.05, 4.69) is 5.32 Å². The number of benzene rings is 1. The highest BCUT2D eigenvalue weighted by Gasteiger charge is 2.42. The molecule has 1 aromatic carbocycles. The van der Waals surface area contributed by atoms with E-state index < -0.39 is 23.8 Å². The molecule has 2 aromatic rings. The standard InChI is InChI=1S/C22H24N4O5/c1-2-30-21(29)17-18(15-7-4-3-5-8-15)23-22(24-19(17)27)26-12-10-25(11-13-26)20(28)16-9-6-14-31-16/h3-9,14,17-18H,2,10-13H2,1H3,(H,23,24,27)/t17-,18+/m0/s1. The molecule has 31 heavy (non-hydrogen) atoms. The number of nitrogens with zero attached hydrogens (tertiary/aromatic N) is 3. The van der Waals surface area contributed by atoms with Crippen LogP contribution in [0.2, 0.25) is 0 Å². The van der Waals surface area contributed by atoms with Gasteiger partial charge in [0, 0.05) is 26.2 Å². The monoisotopic (exact) mass is 424 g/mol. The van der Waals surface area contributed by atoms with Crippen LogP contribution in [0.4, 0.5) is 0 Å². The molecule has 0 unspecified atom stereocenters. The predicted molar refractivity (Wildman–Crippen MR) is 111 cm³/mol. The van der Waals surface area contributed by atoms with Gasteiger partial charge in [0.15, 0.2) is 11.7 Å². The Bertz CT molecular complexity index is 965. The van der Waals surface area contributed by atoms with Gasteiger partial charge in [-0.05, 0) is 24.6 Å². The predicted octanol–water partition coefficient (Wildman–Crippen LogP) is 1.44. The number of piperazine rings is 1. The quantitative estimate of drug-likeness (QED) is 0.588. The third-order valence-corrected chi connectivity index (χ3v) is 5.37. The molecule has 0 saturated carbocycles. The molecule has 1 N–H and O–H groups in total. The molecule has 3 heterocycles. The molecule has 2 aliphatic rings. The van der Waals surface area contributed by atoms with Crippen molar-refractivity contribution in [2.75, 3.05) is 32.8 Å². The molecule has 0 aliphatic carbocycles. The van der Waals surface area contributed by atoms with Crippen LogP contribution in [-0.2, 0) is 14.3 Å². The number of nitrogens with one attached hydrogen (secondary N) is 1. The van der Waals surface area contributed by atoms with Crippen molar-refractivity contribution < 1.29 is 23.5 Å². The summed E-state index contributed by atoms with van der Waals surface area (Å²) in [6, 6.07) is 11.9. The van der Waals surface area contributed by atoms with E-state index in [0.717, 1.165) is 5.56 Å². The van der Waals surface area contributed by atoms with Gasteiger partial charge in [-0.1, -0.05) is 30.3 Å². The Morgan fingerprint density at radius 1 is 1.13 bits per heavy atom. The smallest absolute Gasteiger partial charge is 0.321 e. The minimum atomic E-state index is -1.05. The van der Waals surface area contributed by atoms with Crippen molar-refractivity contribution in [1.82, 2.24) is 15.1 Å². The molecule has 4 rings (SSSR count). The molecule has 9 heteroatoms. The zero-order chi connectivity index (χ0) is 21.8. The highest BCUT2D eigenvalue weighted by molar-refractivity contribution is 6.08. The fraction of sp³-hybridized carbons (Fsp3) is 0.364. The lowest BCUT2D eigenvalue weighted by Gasteiger charge is -2.38. The van der Waals surface area contributed by atoms with Crippen molar-refractivity contribution >= 4 is 23.7 Å². The highest BCUT2D eigenvalue weighted by atomic mass is 16.5. The number of hydrogen-bond donors (Lipinski definition) is 1. The first-order chi connectivity index (χ1) is 15.1. The summed E-state index contributed by atoms with van der Waals surface area (Å²) in [5, 5.41) is 2.76. The minimum absolute atomic E-state index is 0.163. The van der Waals surface area contributed by atoms with Crippen molar-refractivity contribution in [3.05, 3.63) is 60.1 Å². The number of ether oxygens (including phenoxy) is 1. The van der Waals surface area contributed by atoms with Crippen LogP contribution in [0.5, 0.6) is 0 Å². The van der Waals surface area contributed by atoms with E-state index in [4.69, 9.17) is 14.1 Å². The summed E-state index contributed by atoms with van der Waals surface area (Å²) < 4.78 is 10.3. The minimum Gasteiger partial charge on any atom is -0.465 e. The highest BCUT2D eigenvalue weighted by Crippen LogP contribution is 2.31. The first-order valence-corrected chi connectivity index (χ1v) is 10.3. The van der Waals surface area contributed by atoms with Crippen molar-refractivity contribution in [3.8, 4) is 0 Å². The number of amides is 2. The molecule has 162 valence electrons. The lowest BCUT2D eigenvalue weighted by Crippen LogP contribution is -2.58. The van der Waals surface area contributed by atoms with E-state index in [1.165, 1.54) is 6.26 Å². The maximum atomic E-state index is 12.9. The van der Waals surface area contributed by atoms with E-state index in [-0.39, 0.29) is 12.5 Å². The number of furan rings is 1. The number of carbonyl (C=O) groups excluding carboxylic acids is 3. The molecule has 2 atom stereocenters. The topological polar surface area (TPSA) is 104 Å². The zero-order valence-electron chi connectivity index (χ0n) is 17.2. The van der Waals surface area contributed by atoms with Gasteiger partial charge in [0.2, 0.25) is 11.9 Å². The second kappa shape index (κ2) is 9.03. The average Bonchev–Trinajstić information content (AvgIpc) is 3.34. The molecule has 0 radical (unpaired) electrons. The van der Waals surface area contributed by atoms with E-state index >= 15 is 0 Å². The Kier molecular flexibility index (Phi) is 6.01. The zero-order valence-corrected chi connectivity index (χ0v) is 17.2. The number of carbonyl (C=O) groups is 3. The summed E-state index contributed by atoms with van der Waals surface area (Å²) in [6.45, 7) is 3.81. The normalized spacial score (nSPS) is 21.3. The maximum Gasteiger partial charge on any atom is 0.321 e. The summed E-state index contributed by atoms with van der Waals surface area (Å²) in [5.74, 6) is -1.53. The number of hydrogen-bond acceptors (Lipinski definition) is 7. The average molecular weight is 424 g/mol. The maximum absolute atomic E-state index is 12.9. The summed E-state index contributed by atoms with van der Waals surface area (Å²) in [5.41, 5.74) is 0.763. The van der Waals surface area contributed by atoms with Gasteiger partial charge in [-0.2, -0.15) is 0 Å². The molecular weight excluding hydrogens is 400 g/mol. The summed E-state index contributed by atoms with van der Waals surface area (Å²) in [6.07, 6.45) is 1.47. The summed E-state index contributed by atoms with van der Waals surface area (Å²) in [4.78, 5) is 46.2. The lowest BCUT2D eigenvalue weighted by molar-refractivity contribution is -0.153. The molecule has 2 aliphatic heterocycles. The number of rotatable bonds is 4. The molecule has 0 bridgehead atoms. The summed E-state index contributed by atoms with van der Waals surface area (Å²) >= 11 is 0. The van der Waals surface area contributed by atoms with Gasteiger partial charge in [-0.15, -0.1) is 0 Å². The van der Waals surface area contributed by atoms with Crippen LogP contribution in [0.15, 0.2) is 58.1 Å². The van der Waals surface area contributed by atoms with E-state index in [0.29, 0.717) is 37.9 Å². The fourth-order valence-corrected chi connectivity index (χ4v) is 3.79. The summed E-state index contributed by atoms with van der Waals surface area (Å²) in [7, 11) is 0. The Balaban J connectivity index is 1.52. The fourth-order valence-electron chi connectivity index (χ4n) is 3.79. The molecule has 9 nitrogen and oxygen atoms in total. The SMILES string of the molecule is CCOC(=O)[C@@H]1C(=O)NC(N2CCN(C(=O)c3ccco3)CC2)=N[C@@H]1c1ccccc1. The van der Waals surface area contributed by atoms with Gasteiger partial charge < -0.3 is 19.0 Å². The second-order valence-corrected chi connectivity index (χ2v) is 7.28. The Morgan fingerprint density at radius 2 is 1.87 bits per heavy atom. The van der Waals surface area contributed by atoms with E-state index in [1.54, 1.807) is 24.0 Å². The van der Waals surface area contributed by atoms with Gasteiger partial charge in [0.25, 0.3) is 5.91 Å². The van der Waals surface area contributed by atoms with Crippen molar-refractivity contribution in [2.24, 2.45) is 10.9 Å². The van der Waals surface area contributed by atoms with Crippen molar-refractivity contribution in [3.63, 3.8) is 0 Å². The van der Waals surface area contributed by atoms with E-state index in [9.17, 15) is 14.4 Å². The van der Waals surface area contributed by atoms with Crippen LogP contribution in [0.1, 0.15) is 29.1 Å². The van der Waals surface area contributed by atoms with Crippen LogP contribution < -0.4 is 5.32 Å². The molecule has 0 spiro atoms. The Hall–Kier alpha value is -3.62. The van der Waals surface area contributed by atoms with Gasteiger partial charge in [-0.3, -0.25) is 19.7 Å². The molecule has 1 fully saturated rings. The third-order valence-electron chi connectivity index (χ3n) is 5.37. The molecule has 1 aromatic heterocycles. The number of esters is 1. The largest absolute Gasteiger partial charge is 0.465 e. The van der Waals surface area contributed by atoms with Gasteiger partial charge >= 0.3 is 5.97 Å². The van der Waals surface area contributed by atoms with Crippen molar-refractivity contribution in [1.29, 1.82) is 0 Å². The molecular formula is C22H24N4O5. The van der Waals surface area contributed by atoms with Crippen molar-refractivity contribution in [2.45, 2.75) is 13.0 Å². The lowest BCUT2D eigenvalue weighted by atomic mass is 9.91. The van der Waals surface area contributed by atoms with Crippen LogP contribution in [0.3, 0.4) is 0 Å². The van der Waals surface area contributed by atoms with Gasteiger partial charge in [0.1, 0.15) is 6.04 Å². The first-order valence-electron chi connectivity index (χ1n) is 10.3. The van der Waals surface area contributed by atoms with Gasteiger partial charge in [-0.25, -0.2) is 4.99 Å². The Morgan fingerprint density at radius 3 is 2.52 bits per heavy atom. The number of guanidine groups is 1. The van der Waals surface area contributed by atoms with Gasteiger partial charge in [0.05, 0.1) is 12.9 Å². The Labute approximate surface area is 179 Å². The third kappa shape index (κ3) is 4.30. The number of aliphatic imine (C=N–C) groups is 1. The van der Waals surface area contributed by atoms with E-state index in [1.807, 2.05) is 35.2 Å². The first kappa shape index (κ1) is 20.6. The van der Waals surface area contributed by atoms with Crippen LogP contribution in [0, 0.1) is 5.92 Å². The molecule has 1 saturated heterocycles. The van der Waals surface area contributed by atoms with Crippen LogP contribution >= 0.6 is 0 Å². The second-order valence-electron chi connectivity index (χ2n) is 7.28. The molecule has 2 amide bonds. The van der Waals surface area contributed by atoms with Crippen LogP contribution in [-0.4, -0.2) is 66.3 Å². The van der Waals surface area contributed by atoms with Crippen LogP contribution in [0.25, 0.3) is 0 Å².